The summed E-state index contributed by atoms with van der Waals surface area (Å²) in [6.07, 6.45) is 0.692. The quantitative estimate of drug-likeness (QED) is 0.536. The van der Waals surface area contributed by atoms with Crippen LogP contribution < -0.4 is 0 Å². The van der Waals surface area contributed by atoms with E-state index in [-0.39, 0.29) is 0 Å². The van der Waals surface area contributed by atoms with Crippen molar-refractivity contribution in [3.05, 3.63) is 0 Å². The molecule has 0 aromatic rings. The molecule has 1 atom stereocenters. The van der Waals surface area contributed by atoms with Gasteiger partial charge in [-0.2, -0.15) is 5.26 Å². The third kappa shape index (κ3) is 2.63. The van der Waals surface area contributed by atoms with E-state index >= 15 is 0 Å². The molecule has 0 aliphatic carbocycles. The van der Waals surface area contributed by atoms with Crippen molar-refractivity contribution in [2.75, 3.05) is 0 Å². The fraction of sp³-hybridized carbons (Fsp3) is 0.857. The lowest BCUT2D eigenvalue weighted by Crippen LogP contribution is -2.01. The van der Waals surface area contributed by atoms with Crippen LogP contribution in [0.1, 0.15) is 27.2 Å². The predicted molar refractivity (Wildman–Crippen MR) is 34.2 cm³/mol. The minimum Gasteiger partial charge on any atom is -0.198 e. The average molecular weight is 111 g/mol. The van der Waals surface area contributed by atoms with Crippen molar-refractivity contribution < 1.29 is 0 Å². The Kier molecular flexibility index (Phi) is 3.26. The Bertz CT molecular complexity index is 89.1. The van der Waals surface area contributed by atoms with Gasteiger partial charge in [0, 0.05) is 6.42 Å². The van der Waals surface area contributed by atoms with Crippen LogP contribution in [-0.2, 0) is 0 Å². The van der Waals surface area contributed by atoms with E-state index in [1.165, 1.54) is 0 Å². The van der Waals surface area contributed by atoms with E-state index in [9.17, 15) is 0 Å². The van der Waals surface area contributed by atoms with Gasteiger partial charge in [0.2, 0.25) is 0 Å². The summed E-state index contributed by atoms with van der Waals surface area (Å²) < 4.78 is 0. The minimum atomic E-state index is 0.556. The van der Waals surface area contributed by atoms with E-state index in [1.807, 2.05) is 0 Å². The van der Waals surface area contributed by atoms with Gasteiger partial charge in [0.25, 0.3) is 0 Å². The molecule has 1 heteroatoms. The highest BCUT2D eigenvalue weighted by Crippen LogP contribution is 2.11. The molecular formula is C7H13N. The first-order valence-corrected chi connectivity index (χ1v) is 3.05. The molecule has 0 aliphatic heterocycles. The molecule has 0 radical (unpaired) electrons. The normalized spacial score (nSPS) is 13.4. The SMILES string of the molecule is CC(C)C(C)CC#N. The number of nitriles is 1. The van der Waals surface area contributed by atoms with E-state index in [0.29, 0.717) is 18.3 Å². The van der Waals surface area contributed by atoms with Crippen molar-refractivity contribution >= 4 is 0 Å². The van der Waals surface area contributed by atoms with E-state index < -0.39 is 0 Å². The van der Waals surface area contributed by atoms with Gasteiger partial charge in [-0.1, -0.05) is 20.8 Å². The molecule has 0 aromatic carbocycles. The fourth-order valence-electron chi connectivity index (χ4n) is 0.380. The average Bonchev–Trinajstić information content (AvgIpc) is 1.67. The summed E-state index contributed by atoms with van der Waals surface area (Å²) in [5.41, 5.74) is 0. The maximum Gasteiger partial charge on any atom is 0.0624 e. The molecule has 0 saturated heterocycles. The van der Waals surface area contributed by atoms with Gasteiger partial charge >= 0.3 is 0 Å². The number of nitrogens with zero attached hydrogens (tertiary/aromatic N) is 1. The number of hydrogen-bond acceptors (Lipinski definition) is 1. The standard InChI is InChI=1S/C7H13N/c1-6(2)7(3)4-5-8/h6-7H,4H2,1-3H3. The molecule has 1 unspecified atom stereocenters. The molecule has 0 N–H and O–H groups in total. The second kappa shape index (κ2) is 3.49. The van der Waals surface area contributed by atoms with Crippen LogP contribution in [0.15, 0.2) is 0 Å². The Balaban J connectivity index is 3.35. The van der Waals surface area contributed by atoms with Gasteiger partial charge in [0.05, 0.1) is 6.07 Å². The molecular weight excluding hydrogens is 98.1 g/mol. The zero-order valence-electron chi connectivity index (χ0n) is 5.81. The van der Waals surface area contributed by atoms with Gasteiger partial charge in [-0.25, -0.2) is 0 Å². The number of hydrogen-bond donors (Lipinski definition) is 0. The van der Waals surface area contributed by atoms with E-state index in [1.54, 1.807) is 0 Å². The zero-order valence-corrected chi connectivity index (χ0v) is 5.81. The highest BCUT2D eigenvalue weighted by atomic mass is 14.2. The summed E-state index contributed by atoms with van der Waals surface area (Å²) in [7, 11) is 0. The van der Waals surface area contributed by atoms with Crippen LogP contribution in [0.2, 0.25) is 0 Å². The lowest BCUT2D eigenvalue weighted by molar-refractivity contribution is 0.427. The molecule has 1 nitrogen and oxygen atoms in total. The monoisotopic (exact) mass is 111 g/mol. The summed E-state index contributed by atoms with van der Waals surface area (Å²) >= 11 is 0. The Morgan fingerprint density at radius 2 is 1.88 bits per heavy atom. The van der Waals surface area contributed by atoms with Crippen molar-refractivity contribution in [2.24, 2.45) is 11.8 Å². The third-order valence-corrected chi connectivity index (χ3v) is 1.55. The van der Waals surface area contributed by atoms with Gasteiger partial charge < -0.3 is 0 Å². The number of rotatable bonds is 2. The van der Waals surface area contributed by atoms with Crippen LogP contribution in [-0.4, -0.2) is 0 Å². The summed E-state index contributed by atoms with van der Waals surface area (Å²) in [6, 6.07) is 2.15. The highest BCUT2D eigenvalue weighted by molar-refractivity contribution is 4.74. The van der Waals surface area contributed by atoms with E-state index in [4.69, 9.17) is 5.26 Å². The summed E-state index contributed by atoms with van der Waals surface area (Å²) in [5.74, 6) is 1.20. The van der Waals surface area contributed by atoms with E-state index in [2.05, 4.69) is 26.8 Å². The molecule has 0 bridgehead atoms. The van der Waals surface area contributed by atoms with Crippen LogP contribution in [0.25, 0.3) is 0 Å². The highest BCUT2D eigenvalue weighted by Gasteiger charge is 2.04. The molecule has 0 heterocycles. The predicted octanol–water partition coefficient (Wildman–Crippen LogP) is 2.19. The Hall–Kier alpha value is -0.510. The van der Waals surface area contributed by atoms with Crippen molar-refractivity contribution in [1.29, 1.82) is 5.26 Å². The largest absolute Gasteiger partial charge is 0.198 e. The molecule has 0 rings (SSSR count). The second-order valence-electron chi connectivity index (χ2n) is 2.58. The summed E-state index contributed by atoms with van der Waals surface area (Å²) in [6.45, 7) is 6.39. The van der Waals surface area contributed by atoms with Crippen molar-refractivity contribution in [2.45, 2.75) is 27.2 Å². The van der Waals surface area contributed by atoms with Gasteiger partial charge in [-0.3, -0.25) is 0 Å². The molecule has 0 amide bonds. The second-order valence-corrected chi connectivity index (χ2v) is 2.58. The summed E-state index contributed by atoms with van der Waals surface area (Å²) in [4.78, 5) is 0. The lowest BCUT2D eigenvalue weighted by Gasteiger charge is -2.09. The van der Waals surface area contributed by atoms with Gasteiger partial charge in [-0.15, -0.1) is 0 Å². The third-order valence-electron chi connectivity index (χ3n) is 1.55. The smallest absolute Gasteiger partial charge is 0.0624 e. The van der Waals surface area contributed by atoms with Crippen molar-refractivity contribution in [3.63, 3.8) is 0 Å². The maximum atomic E-state index is 8.24. The first-order chi connectivity index (χ1) is 3.68. The van der Waals surface area contributed by atoms with Crippen LogP contribution in [0, 0.1) is 23.2 Å². The minimum absolute atomic E-state index is 0.556. The zero-order chi connectivity index (χ0) is 6.57. The van der Waals surface area contributed by atoms with Crippen LogP contribution in [0.4, 0.5) is 0 Å². The molecule has 0 fully saturated rings. The lowest BCUT2D eigenvalue weighted by atomic mass is 9.96. The summed E-state index contributed by atoms with van der Waals surface area (Å²) in [5, 5.41) is 8.24. The van der Waals surface area contributed by atoms with Crippen molar-refractivity contribution in [1.82, 2.24) is 0 Å². The Labute approximate surface area is 51.3 Å². The Morgan fingerprint density at radius 1 is 1.38 bits per heavy atom. The van der Waals surface area contributed by atoms with Gasteiger partial charge in [-0.05, 0) is 11.8 Å². The van der Waals surface area contributed by atoms with Gasteiger partial charge in [0.1, 0.15) is 0 Å². The maximum absolute atomic E-state index is 8.24. The van der Waals surface area contributed by atoms with Crippen LogP contribution in [0.3, 0.4) is 0 Å². The molecule has 0 aromatic heterocycles. The van der Waals surface area contributed by atoms with Crippen LogP contribution >= 0.6 is 0 Å². The topological polar surface area (TPSA) is 23.8 Å². The first kappa shape index (κ1) is 7.49. The van der Waals surface area contributed by atoms with E-state index in [0.717, 1.165) is 0 Å². The first-order valence-electron chi connectivity index (χ1n) is 3.05. The van der Waals surface area contributed by atoms with Gasteiger partial charge in [0.15, 0.2) is 0 Å². The fourth-order valence-corrected chi connectivity index (χ4v) is 0.380. The molecule has 0 spiro atoms. The Morgan fingerprint density at radius 3 is 2.00 bits per heavy atom. The molecule has 8 heavy (non-hydrogen) atoms. The molecule has 0 aliphatic rings. The molecule has 0 saturated carbocycles. The van der Waals surface area contributed by atoms with Crippen molar-refractivity contribution in [3.8, 4) is 6.07 Å². The van der Waals surface area contributed by atoms with Crippen LogP contribution in [0.5, 0.6) is 0 Å². The molecule has 46 valence electrons.